The van der Waals surface area contributed by atoms with E-state index >= 15 is 0 Å². The SMILES string of the molecule is CN=C(NCCc1c[nH]c2ccc(Cl)cc12)NC1CC=CC1.I. The molecule has 4 nitrogen and oxygen atoms in total. The van der Waals surface area contributed by atoms with Crippen molar-refractivity contribution in [2.45, 2.75) is 25.3 Å². The van der Waals surface area contributed by atoms with Gasteiger partial charge in [0, 0.05) is 41.8 Å². The Morgan fingerprint density at radius 3 is 2.87 bits per heavy atom. The van der Waals surface area contributed by atoms with Gasteiger partial charge in [-0.2, -0.15) is 0 Å². The number of halogens is 2. The molecule has 1 aromatic heterocycles. The highest BCUT2D eigenvalue weighted by molar-refractivity contribution is 14.0. The van der Waals surface area contributed by atoms with E-state index in [9.17, 15) is 0 Å². The number of guanidine groups is 1. The lowest BCUT2D eigenvalue weighted by molar-refractivity contribution is 0.633. The Morgan fingerprint density at radius 1 is 1.35 bits per heavy atom. The first-order valence-corrected chi connectivity index (χ1v) is 8.02. The average molecular weight is 445 g/mol. The number of rotatable bonds is 4. The second kappa shape index (κ2) is 8.59. The summed E-state index contributed by atoms with van der Waals surface area (Å²) >= 11 is 6.09. The summed E-state index contributed by atoms with van der Waals surface area (Å²) in [4.78, 5) is 7.57. The zero-order valence-electron chi connectivity index (χ0n) is 13.1. The third kappa shape index (κ3) is 4.64. The van der Waals surface area contributed by atoms with Crippen LogP contribution in [0, 0.1) is 0 Å². The number of nitrogens with zero attached hydrogens (tertiary/aromatic N) is 1. The number of aromatic amines is 1. The summed E-state index contributed by atoms with van der Waals surface area (Å²) in [6, 6.07) is 6.41. The van der Waals surface area contributed by atoms with E-state index in [0.717, 1.165) is 42.3 Å². The Balaban J connectivity index is 0.00000192. The number of hydrogen-bond donors (Lipinski definition) is 3. The largest absolute Gasteiger partial charge is 0.361 e. The Bertz CT molecular complexity index is 700. The highest BCUT2D eigenvalue weighted by Crippen LogP contribution is 2.22. The first kappa shape index (κ1) is 18.1. The molecule has 0 fully saturated rings. The lowest BCUT2D eigenvalue weighted by Gasteiger charge is -2.16. The van der Waals surface area contributed by atoms with Gasteiger partial charge in [-0.1, -0.05) is 23.8 Å². The van der Waals surface area contributed by atoms with Crippen molar-refractivity contribution in [1.82, 2.24) is 15.6 Å². The molecule has 1 aliphatic rings. The Labute approximate surface area is 158 Å². The molecule has 0 radical (unpaired) electrons. The molecule has 1 heterocycles. The Morgan fingerprint density at radius 2 is 2.13 bits per heavy atom. The number of benzene rings is 1. The first-order valence-electron chi connectivity index (χ1n) is 7.64. The van der Waals surface area contributed by atoms with Crippen LogP contribution in [-0.2, 0) is 6.42 Å². The van der Waals surface area contributed by atoms with E-state index in [4.69, 9.17) is 11.6 Å². The number of nitrogens with one attached hydrogen (secondary N) is 3. The molecule has 3 N–H and O–H groups in total. The summed E-state index contributed by atoms with van der Waals surface area (Å²) in [7, 11) is 1.81. The second-order valence-corrected chi connectivity index (χ2v) is 5.97. The summed E-state index contributed by atoms with van der Waals surface area (Å²) < 4.78 is 0. The number of hydrogen-bond acceptors (Lipinski definition) is 1. The van der Waals surface area contributed by atoms with Crippen LogP contribution in [0.3, 0.4) is 0 Å². The van der Waals surface area contributed by atoms with Gasteiger partial charge in [-0.25, -0.2) is 0 Å². The van der Waals surface area contributed by atoms with Gasteiger partial charge in [-0.3, -0.25) is 4.99 Å². The molecule has 0 saturated heterocycles. The van der Waals surface area contributed by atoms with Gasteiger partial charge >= 0.3 is 0 Å². The van der Waals surface area contributed by atoms with E-state index in [1.165, 1.54) is 10.9 Å². The number of fused-ring (bicyclic) bond motifs is 1. The molecule has 2 aromatic rings. The molecule has 0 aliphatic heterocycles. The molecule has 0 amide bonds. The minimum Gasteiger partial charge on any atom is -0.361 e. The van der Waals surface area contributed by atoms with E-state index in [1.54, 1.807) is 0 Å². The topological polar surface area (TPSA) is 52.2 Å². The smallest absolute Gasteiger partial charge is 0.191 e. The van der Waals surface area contributed by atoms with E-state index in [0.29, 0.717) is 6.04 Å². The number of aliphatic imine (C=N–C) groups is 1. The zero-order valence-corrected chi connectivity index (χ0v) is 16.2. The van der Waals surface area contributed by atoms with Crippen molar-refractivity contribution >= 4 is 52.4 Å². The molecule has 1 aromatic carbocycles. The second-order valence-electron chi connectivity index (χ2n) is 5.54. The van der Waals surface area contributed by atoms with Crippen LogP contribution in [0.15, 0.2) is 41.5 Å². The molecule has 0 unspecified atom stereocenters. The fraction of sp³-hybridized carbons (Fsp3) is 0.353. The first-order chi connectivity index (χ1) is 10.8. The summed E-state index contributed by atoms with van der Waals surface area (Å²) in [5.41, 5.74) is 2.39. The summed E-state index contributed by atoms with van der Waals surface area (Å²) in [5.74, 6) is 0.867. The predicted octanol–water partition coefficient (Wildman–Crippen LogP) is 3.87. The molecular weight excluding hydrogens is 423 g/mol. The van der Waals surface area contributed by atoms with Crippen LogP contribution in [0.2, 0.25) is 5.02 Å². The molecular formula is C17H22ClIN4. The van der Waals surface area contributed by atoms with Gasteiger partial charge in [0.2, 0.25) is 0 Å². The van der Waals surface area contributed by atoms with E-state index in [-0.39, 0.29) is 24.0 Å². The molecule has 23 heavy (non-hydrogen) atoms. The third-order valence-electron chi connectivity index (χ3n) is 3.99. The van der Waals surface area contributed by atoms with Crippen LogP contribution in [0.25, 0.3) is 10.9 Å². The van der Waals surface area contributed by atoms with Gasteiger partial charge in [0.25, 0.3) is 0 Å². The molecule has 124 valence electrons. The lowest BCUT2D eigenvalue weighted by atomic mass is 10.1. The maximum atomic E-state index is 6.09. The number of H-pyrrole nitrogens is 1. The quantitative estimate of drug-likeness (QED) is 0.290. The van der Waals surface area contributed by atoms with Crippen LogP contribution in [0.5, 0.6) is 0 Å². The summed E-state index contributed by atoms with van der Waals surface area (Å²) in [6.45, 7) is 0.833. The standard InChI is InChI=1S/C17H21ClN4.HI/c1-19-17(22-14-4-2-3-5-14)20-9-8-12-11-21-16-7-6-13(18)10-15(12)16;/h2-3,6-7,10-11,14,21H,4-5,8-9H2,1H3,(H2,19,20,22);1H. The molecule has 0 bridgehead atoms. The summed E-state index contributed by atoms with van der Waals surface area (Å²) in [5, 5.41) is 8.78. The van der Waals surface area contributed by atoms with Gasteiger partial charge in [0.15, 0.2) is 5.96 Å². The highest BCUT2D eigenvalue weighted by atomic mass is 127. The van der Waals surface area contributed by atoms with Crippen LogP contribution in [-0.4, -0.2) is 30.6 Å². The monoisotopic (exact) mass is 444 g/mol. The van der Waals surface area contributed by atoms with Crippen molar-refractivity contribution in [3.63, 3.8) is 0 Å². The van der Waals surface area contributed by atoms with Gasteiger partial charge < -0.3 is 15.6 Å². The highest BCUT2D eigenvalue weighted by Gasteiger charge is 2.11. The normalized spacial score (nSPS) is 15.0. The van der Waals surface area contributed by atoms with Crippen LogP contribution >= 0.6 is 35.6 Å². The van der Waals surface area contributed by atoms with Gasteiger partial charge in [0.05, 0.1) is 0 Å². The van der Waals surface area contributed by atoms with Crippen molar-refractivity contribution < 1.29 is 0 Å². The van der Waals surface area contributed by atoms with Crippen molar-refractivity contribution in [2.75, 3.05) is 13.6 Å². The van der Waals surface area contributed by atoms with Crippen LogP contribution in [0.4, 0.5) is 0 Å². The average Bonchev–Trinajstić information content (AvgIpc) is 3.16. The minimum atomic E-state index is 0. The fourth-order valence-electron chi connectivity index (χ4n) is 2.80. The van der Waals surface area contributed by atoms with Crippen molar-refractivity contribution in [2.24, 2.45) is 4.99 Å². The van der Waals surface area contributed by atoms with Crippen molar-refractivity contribution in [1.29, 1.82) is 0 Å². The molecule has 0 saturated carbocycles. The predicted molar refractivity (Wildman–Crippen MR) is 109 cm³/mol. The van der Waals surface area contributed by atoms with Crippen LogP contribution < -0.4 is 10.6 Å². The minimum absolute atomic E-state index is 0. The maximum absolute atomic E-state index is 6.09. The van der Waals surface area contributed by atoms with Crippen molar-refractivity contribution in [3.05, 3.63) is 47.1 Å². The Kier molecular flexibility index (Phi) is 6.77. The van der Waals surface area contributed by atoms with E-state index in [1.807, 2.05) is 25.2 Å². The van der Waals surface area contributed by atoms with Gasteiger partial charge in [0.1, 0.15) is 0 Å². The maximum Gasteiger partial charge on any atom is 0.191 e. The zero-order chi connectivity index (χ0) is 15.4. The van der Waals surface area contributed by atoms with Gasteiger partial charge in [-0.05, 0) is 43.0 Å². The molecule has 0 atom stereocenters. The third-order valence-corrected chi connectivity index (χ3v) is 4.22. The molecule has 0 spiro atoms. The molecule has 1 aliphatic carbocycles. The molecule has 6 heteroatoms. The Hall–Kier alpha value is -1.21. The van der Waals surface area contributed by atoms with Crippen LogP contribution in [0.1, 0.15) is 18.4 Å². The van der Waals surface area contributed by atoms with E-state index < -0.39 is 0 Å². The van der Waals surface area contributed by atoms with Crippen molar-refractivity contribution in [3.8, 4) is 0 Å². The summed E-state index contributed by atoms with van der Waals surface area (Å²) in [6.07, 6.45) is 9.54. The number of aromatic nitrogens is 1. The fourth-order valence-corrected chi connectivity index (χ4v) is 2.97. The van der Waals surface area contributed by atoms with Gasteiger partial charge in [-0.15, -0.1) is 24.0 Å². The molecule has 3 rings (SSSR count). The van der Waals surface area contributed by atoms with E-state index in [2.05, 4.69) is 39.0 Å². The lowest BCUT2D eigenvalue weighted by Crippen LogP contribution is -2.43.